The van der Waals surface area contributed by atoms with Crippen molar-refractivity contribution in [2.24, 2.45) is 0 Å². The highest BCUT2D eigenvalue weighted by molar-refractivity contribution is 6.14. The van der Waals surface area contributed by atoms with Gasteiger partial charge in [0, 0.05) is 38.2 Å². The van der Waals surface area contributed by atoms with Crippen molar-refractivity contribution in [2.45, 2.75) is 0 Å². The summed E-state index contributed by atoms with van der Waals surface area (Å²) in [5, 5.41) is 34.8. The summed E-state index contributed by atoms with van der Waals surface area (Å²) in [4.78, 5) is 17.1. The standard InChI is InChI=1S/C90H54N8/c91-55-58-31-33-65(34-32-58)74-29-13-14-30-75(74)88-94-89(76-41-35-72(66-27-15-17-59(47-66)56-92)53-86(76)97-82-43-37-68(61-19-5-1-6-20-61)49-78(82)79-50-69(38-44-83(79)97)62-21-7-2-8-22-62)96-90(95-88)77-42-36-73(67-28-16-18-60(48-67)57-93)54-87(77)98-84-45-39-70(63-23-9-3-10-24-63)51-80(84)81-52-71(40-46-85(81)98)64-25-11-4-12-26-64/h1-54H. The van der Waals surface area contributed by atoms with Crippen LogP contribution in [0.2, 0.25) is 0 Å². The van der Waals surface area contributed by atoms with E-state index in [1.807, 2.05) is 109 Å². The normalized spacial score (nSPS) is 11.2. The van der Waals surface area contributed by atoms with E-state index in [9.17, 15) is 15.8 Å². The van der Waals surface area contributed by atoms with Crippen LogP contribution in [0.15, 0.2) is 328 Å². The third-order valence-electron chi connectivity index (χ3n) is 18.7. The Morgan fingerprint density at radius 2 is 0.490 bits per heavy atom. The fraction of sp³-hybridized carbons (Fsp3) is 0. The lowest BCUT2D eigenvalue weighted by Gasteiger charge is -2.19. The largest absolute Gasteiger partial charge is 0.308 e. The van der Waals surface area contributed by atoms with Gasteiger partial charge < -0.3 is 9.13 Å². The predicted molar refractivity (Wildman–Crippen MR) is 397 cm³/mol. The Kier molecular flexibility index (Phi) is 14.5. The maximum atomic E-state index is 10.3. The van der Waals surface area contributed by atoms with Gasteiger partial charge in [0.15, 0.2) is 17.5 Å². The number of hydrogen-bond donors (Lipinski definition) is 0. The molecule has 0 unspecified atom stereocenters. The molecule has 3 aromatic heterocycles. The average Bonchev–Trinajstić information content (AvgIpc) is 1.56. The monoisotopic (exact) mass is 1250 g/mol. The molecular formula is C90H54N8. The first-order valence-electron chi connectivity index (χ1n) is 32.5. The van der Waals surface area contributed by atoms with Crippen LogP contribution in [0.3, 0.4) is 0 Å². The fourth-order valence-electron chi connectivity index (χ4n) is 13.9. The SMILES string of the molecule is N#Cc1ccc(-c2ccccc2-c2nc(-c3ccc(-c4cccc(C#N)c4)cc3-n3c4ccc(-c5ccccc5)cc4c4cc(-c5ccccc5)ccc43)nc(-c3ccc(-c4cccc(C#N)c4)cc3-n3c4ccc(-c5ccccc5)cc4c4cc(-c5ccccc5)ccc43)n2)cc1. The second-order valence-corrected chi connectivity index (χ2v) is 24.5. The van der Waals surface area contributed by atoms with Crippen LogP contribution in [0.1, 0.15) is 16.7 Å². The van der Waals surface area contributed by atoms with Crippen molar-refractivity contribution in [1.82, 2.24) is 24.1 Å². The Bertz CT molecular complexity index is 5610. The summed E-state index contributed by atoms with van der Waals surface area (Å²) in [7, 11) is 0. The summed E-state index contributed by atoms with van der Waals surface area (Å²) in [5.74, 6) is 1.27. The number of rotatable bonds is 12. The molecule has 14 aromatic carbocycles. The second kappa shape index (κ2) is 24.6. The molecule has 17 rings (SSSR count). The second-order valence-electron chi connectivity index (χ2n) is 24.5. The van der Waals surface area contributed by atoms with Crippen LogP contribution < -0.4 is 0 Å². The van der Waals surface area contributed by atoms with Gasteiger partial charge in [0.1, 0.15) is 0 Å². The van der Waals surface area contributed by atoms with Crippen molar-refractivity contribution in [3.05, 3.63) is 344 Å². The minimum atomic E-state index is 0.419. The van der Waals surface area contributed by atoms with Crippen molar-refractivity contribution in [1.29, 1.82) is 15.8 Å². The molecule has 8 nitrogen and oxygen atoms in total. The zero-order valence-electron chi connectivity index (χ0n) is 52.8. The molecule has 0 radical (unpaired) electrons. The van der Waals surface area contributed by atoms with Crippen LogP contribution in [0, 0.1) is 34.0 Å². The first-order chi connectivity index (χ1) is 48.4. The maximum absolute atomic E-state index is 10.3. The van der Waals surface area contributed by atoms with E-state index in [0.717, 1.165) is 150 Å². The quantitative estimate of drug-likeness (QED) is 0.120. The van der Waals surface area contributed by atoms with Gasteiger partial charge in [-0.2, -0.15) is 15.8 Å². The molecule has 0 aliphatic rings. The summed E-state index contributed by atoms with van der Waals surface area (Å²) in [6.07, 6.45) is 0. The highest BCUT2D eigenvalue weighted by Crippen LogP contribution is 2.45. The highest BCUT2D eigenvalue weighted by atomic mass is 15.1. The van der Waals surface area contributed by atoms with Crippen molar-refractivity contribution in [3.8, 4) is 142 Å². The van der Waals surface area contributed by atoms with Gasteiger partial charge in [-0.15, -0.1) is 0 Å². The minimum Gasteiger partial charge on any atom is -0.308 e. The van der Waals surface area contributed by atoms with Crippen LogP contribution in [-0.4, -0.2) is 24.1 Å². The van der Waals surface area contributed by atoms with Crippen molar-refractivity contribution >= 4 is 43.6 Å². The zero-order valence-corrected chi connectivity index (χ0v) is 52.8. The van der Waals surface area contributed by atoms with E-state index in [0.29, 0.717) is 34.2 Å². The van der Waals surface area contributed by atoms with E-state index in [4.69, 9.17) is 15.0 Å². The minimum absolute atomic E-state index is 0.419. The third kappa shape index (κ3) is 10.5. The molecule has 98 heavy (non-hydrogen) atoms. The van der Waals surface area contributed by atoms with Gasteiger partial charge in [0.25, 0.3) is 0 Å². The smallest absolute Gasteiger partial charge is 0.166 e. The van der Waals surface area contributed by atoms with Gasteiger partial charge in [-0.05, 0) is 187 Å². The van der Waals surface area contributed by atoms with Gasteiger partial charge >= 0.3 is 0 Å². The maximum Gasteiger partial charge on any atom is 0.166 e. The Hall–Kier alpha value is -13.8. The van der Waals surface area contributed by atoms with Crippen LogP contribution in [0.4, 0.5) is 0 Å². The molecule has 0 atom stereocenters. The van der Waals surface area contributed by atoms with Crippen molar-refractivity contribution in [3.63, 3.8) is 0 Å². The van der Waals surface area contributed by atoms with E-state index >= 15 is 0 Å². The van der Waals surface area contributed by atoms with Crippen molar-refractivity contribution < 1.29 is 0 Å². The Labute approximate surface area is 566 Å². The van der Waals surface area contributed by atoms with Gasteiger partial charge in [-0.1, -0.05) is 218 Å². The first kappa shape index (κ1) is 58.0. The molecule has 0 spiro atoms. The molecule has 0 N–H and O–H groups in total. The Morgan fingerprint density at radius 1 is 0.204 bits per heavy atom. The number of nitrogens with zero attached hydrogens (tertiary/aromatic N) is 8. The lowest BCUT2D eigenvalue weighted by atomic mass is 9.97. The summed E-state index contributed by atoms with van der Waals surface area (Å²) >= 11 is 0. The Balaban J connectivity index is 0.972. The molecule has 0 bridgehead atoms. The molecule has 3 heterocycles. The average molecular weight is 1250 g/mol. The predicted octanol–water partition coefficient (Wildman–Crippen LogP) is 22.4. The van der Waals surface area contributed by atoms with Crippen LogP contribution in [0.25, 0.3) is 167 Å². The first-order valence-corrected chi connectivity index (χ1v) is 32.5. The number of hydrogen-bond acceptors (Lipinski definition) is 6. The molecule has 0 fully saturated rings. The molecule has 0 saturated carbocycles. The summed E-state index contributed by atoms with van der Waals surface area (Å²) in [6, 6.07) is 120. The highest BCUT2D eigenvalue weighted by Gasteiger charge is 2.26. The van der Waals surface area contributed by atoms with E-state index in [1.54, 1.807) is 0 Å². The number of aromatic nitrogens is 5. The molecule has 0 aliphatic heterocycles. The van der Waals surface area contributed by atoms with Gasteiger partial charge in [-0.25, -0.2) is 15.0 Å². The van der Waals surface area contributed by atoms with Gasteiger partial charge in [-0.3, -0.25) is 0 Å². The fourth-order valence-corrected chi connectivity index (χ4v) is 13.9. The van der Waals surface area contributed by atoms with Gasteiger partial charge in [0.05, 0.1) is 68.3 Å². The van der Waals surface area contributed by atoms with Crippen molar-refractivity contribution in [2.75, 3.05) is 0 Å². The lowest BCUT2D eigenvalue weighted by molar-refractivity contribution is 1.06. The summed E-state index contributed by atoms with van der Waals surface area (Å²) in [5.41, 5.74) is 23.5. The Morgan fingerprint density at radius 3 is 0.847 bits per heavy atom. The number of fused-ring (bicyclic) bond motifs is 6. The molecule has 0 amide bonds. The topological polar surface area (TPSA) is 120 Å². The molecule has 8 heteroatoms. The van der Waals surface area contributed by atoms with E-state index in [1.165, 1.54) is 0 Å². The number of benzene rings is 14. The third-order valence-corrected chi connectivity index (χ3v) is 18.7. The van der Waals surface area contributed by atoms with Gasteiger partial charge in [0.2, 0.25) is 0 Å². The number of nitriles is 3. The molecular weight excluding hydrogens is 1190 g/mol. The molecule has 454 valence electrons. The van der Waals surface area contributed by atoms with Crippen LogP contribution in [-0.2, 0) is 0 Å². The van der Waals surface area contributed by atoms with E-state index < -0.39 is 0 Å². The van der Waals surface area contributed by atoms with Crippen LogP contribution >= 0.6 is 0 Å². The molecule has 0 saturated heterocycles. The summed E-state index contributed by atoms with van der Waals surface area (Å²) in [6.45, 7) is 0. The summed E-state index contributed by atoms with van der Waals surface area (Å²) < 4.78 is 4.69. The van der Waals surface area contributed by atoms with E-state index in [-0.39, 0.29) is 0 Å². The molecule has 0 aliphatic carbocycles. The van der Waals surface area contributed by atoms with Crippen LogP contribution in [0.5, 0.6) is 0 Å². The molecule has 17 aromatic rings. The lowest BCUT2D eigenvalue weighted by Crippen LogP contribution is -2.06. The van der Waals surface area contributed by atoms with E-state index in [2.05, 4.69) is 246 Å². The zero-order chi connectivity index (χ0) is 65.6.